The Morgan fingerprint density at radius 2 is 1.62 bits per heavy atom. The Balaban J connectivity index is 1.82. The molecule has 4 rings (SSSR count). The zero-order valence-corrected chi connectivity index (χ0v) is 18.2. The third kappa shape index (κ3) is 4.26. The van der Waals surface area contributed by atoms with Gasteiger partial charge >= 0.3 is 0 Å². The monoisotopic (exact) mass is 428 g/mol. The minimum Gasteiger partial charge on any atom is -0.288 e. The normalized spacial score (nSPS) is 12.1. The van der Waals surface area contributed by atoms with Gasteiger partial charge in [0.25, 0.3) is 5.69 Å². The number of rotatable bonds is 7. The van der Waals surface area contributed by atoms with E-state index in [0.29, 0.717) is 12.4 Å². The lowest BCUT2D eigenvalue weighted by atomic mass is 10.0. The van der Waals surface area contributed by atoms with Crippen LogP contribution in [0.4, 0.5) is 5.69 Å². The van der Waals surface area contributed by atoms with Gasteiger partial charge in [-0.25, -0.2) is 0 Å². The van der Waals surface area contributed by atoms with E-state index >= 15 is 0 Å². The summed E-state index contributed by atoms with van der Waals surface area (Å²) in [6.07, 6.45) is 0. The van der Waals surface area contributed by atoms with Crippen molar-refractivity contribution < 1.29 is 4.92 Å². The highest BCUT2D eigenvalue weighted by atomic mass is 16.6. The first kappa shape index (κ1) is 21.3. The minimum atomic E-state index is -0.396. The van der Waals surface area contributed by atoms with Crippen LogP contribution in [0.1, 0.15) is 34.1 Å². The average Bonchev–Trinajstić information content (AvgIpc) is 3.23. The summed E-state index contributed by atoms with van der Waals surface area (Å²) in [5.74, 6) is 0.648. The van der Waals surface area contributed by atoms with Crippen molar-refractivity contribution in [3.05, 3.63) is 111 Å². The van der Waals surface area contributed by atoms with Gasteiger partial charge in [0.05, 0.1) is 16.7 Å². The molecule has 8 heteroatoms. The topological polar surface area (TPSA) is 90.0 Å². The molecule has 8 nitrogen and oxygen atoms in total. The number of aryl methyl sites for hydroxylation is 2. The Labute approximate surface area is 186 Å². The van der Waals surface area contributed by atoms with E-state index in [1.807, 2.05) is 57.3 Å². The largest absolute Gasteiger partial charge is 0.288 e. The van der Waals surface area contributed by atoms with Gasteiger partial charge in [-0.1, -0.05) is 60.7 Å². The van der Waals surface area contributed by atoms with E-state index in [1.165, 1.54) is 12.1 Å². The third-order valence-corrected chi connectivity index (χ3v) is 5.52. The molecule has 0 aliphatic rings. The van der Waals surface area contributed by atoms with Gasteiger partial charge in [0.2, 0.25) is 0 Å². The van der Waals surface area contributed by atoms with Gasteiger partial charge in [0.15, 0.2) is 5.82 Å². The summed E-state index contributed by atoms with van der Waals surface area (Å²) in [5.41, 5.74) is 5.13. The highest BCUT2D eigenvalue weighted by Gasteiger charge is 2.27. The van der Waals surface area contributed by atoms with Crippen LogP contribution in [0, 0.1) is 24.0 Å². The zero-order chi connectivity index (χ0) is 22.7. The number of benzene rings is 3. The molecule has 3 aromatic carbocycles. The first-order chi connectivity index (χ1) is 15.5. The molecule has 0 spiro atoms. The summed E-state index contributed by atoms with van der Waals surface area (Å²) in [6.45, 7) is 4.72. The summed E-state index contributed by atoms with van der Waals surface area (Å²) in [6, 6.07) is 22.5. The van der Waals surface area contributed by atoms with Crippen molar-refractivity contribution in [1.82, 2.24) is 25.1 Å². The van der Waals surface area contributed by atoms with Crippen LogP contribution in [0.25, 0.3) is 5.69 Å². The lowest BCUT2D eigenvalue weighted by Crippen LogP contribution is -2.28. The van der Waals surface area contributed by atoms with Crippen LogP contribution in [0.5, 0.6) is 0 Å². The minimum absolute atomic E-state index is 0.0487. The number of para-hydroxylation sites is 1. The smallest absolute Gasteiger partial charge is 0.269 e. The lowest BCUT2D eigenvalue weighted by molar-refractivity contribution is -0.384. The molecule has 0 radical (unpaired) electrons. The maximum absolute atomic E-state index is 11.2. The van der Waals surface area contributed by atoms with Gasteiger partial charge in [0.1, 0.15) is 0 Å². The van der Waals surface area contributed by atoms with Crippen LogP contribution < -0.4 is 0 Å². The second-order valence-corrected chi connectivity index (χ2v) is 7.84. The zero-order valence-electron chi connectivity index (χ0n) is 18.2. The fraction of sp³-hybridized carbons (Fsp3) is 0.208. The number of nitrogens with zero attached hydrogens (tertiary/aromatic N) is 6. The van der Waals surface area contributed by atoms with Gasteiger partial charge < -0.3 is 0 Å². The Morgan fingerprint density at radius 3 is 2.25 bits per heavy atom. The lowest BCUT2D eigenvalue weighted by Gasteiger charge is -2.28. The molecular weight excluding hydrogens is 404 g/mol. The molecule has 4 aromatic rings. The van der Waals surface area contributed by atoms with Gasteiger partial charge in [-0.05, 0) is 53.6 Å². The van der Waals surface area contributed by atoms with Gasteiger partial charge in [-0.2, -0.15) is 4.68 Å². The molecule has 0 fully saturated rings. The summed E-state index contributed by atoms with van der Waals surface area (Å²) in [4.78, 5) is 12.9. The Bertz CT molecular complexity index is 1200. The highest BCUT2D eigenvalue weighted by Crippen LogP contribution is 2.31. The number of nitro groups is 1. The predicted molar refractivity (Wildman–Crippen MR) is 121 cm³/mol. The first-order valence-electron chi connectivity index (χ1n) is 10.3. The van der Waals surface area contributed by atoms with Crippen LogP contribution in [0.15, 0.2) is 72.8 Å². The quantitative estimate of drug-likeness (QED) is 0.320. The van der Waals surface area contributed by atoms with Crippen molar-refractivity contribution in [3.63, 3.8) is 0 Å². The van der Waals surface area contributed by atoms with Crippen LogP contribution in [-0.4, -0.2) is 37.1 Å². The summed E-state index contributed by atoms with van der Waals surface area (Å²) in [7, 11) is 2.00. The molecule has 0 aliphatic heterocycles. The van der Waals surface area contributed by atoms with Crippen molar-refractivity contribution in [2.24, 2.45) is 0 Å². The molecule has 162 valence electrons. The van der Waals surface area contributed by atoms with Gasteiger partial charge in [-0.15, -0.1) is 5.10 Å². The van der Waals surface area contributed by atoms with Crippen molar-refractivity contribution >= 4 is 5.69 Å². The van der Waals surface area contributed by atoms with E-state index in [0.717, 1.165) is 27.9 Å². The predicted octanol–water partition coefficient (Wildman–Crippen LogP) is 4.41. The molecule has 0 saturated carbocycles. The van der Waals surface area contributed by atoms with Crippen LogP contribution in [-0.2, 0) is 6.54 Å². The molecule has 0 unspecified atom stereocenters. The van der Waals surface area contributed by atoms with Crippen molar-refractivity contribution in [1.29, 1.82) is 0 Å². The number of hydrogen-bond acceptors (Lipinski definition) is 6. The second-order valence-electron chi connectivity index (χ2n) is 7.84. The summed E-state index contributed by atoms with van der Waals surface area (Å²) >= 11 is 0. The van der Waals surface area contributed by atoms with E-state index in [4.69, 9.17) is 0 Å². The number of tetrazole rings is 1. The van der Waals surface area contributed by atoms with Crippen LogP contribution in [0.2, 0.25) is 0 Å². The van der Waals surface area contributed by atoms with Gasteiger partial charge in [0, 0.05) is 18.7 Å². The SMILES string of the molecule is Cc1cccc(C)c1-n1nnnc1[C@H](c1ccc([N+](=O)[O-])cc1)N(C)Cc1ccccc1. The average molecular weight is 428 g/mol. The molecule has 1 atom stereocenters. The second kappa shape index (κ2) is 9.07. The van der Waals surface area contributed by atoms with Crippen LogP contribution >= 0.6 is 0 Å². The molecule has 1 aromatic heterocycles. The third-order valence-electron chi connectivity index (χ3n) is 5.52. The molecule has 0 saturated heterocycles. The first-order valence-corrected chi connectivity index (χ1v) is 10.3. The maximum Gasteiger partial charge on any atom is 0.269 e. The van der Waals surface area contributed by atoms with E-state index < -0.39 is 4.92 Å². The molecule has 0 bridgehead atoms. The van der Waals surface area contributed by atoms with E-state index in [2.05, 4.69) is 32.6 Å². The van der Waals surface area contributed by atoms with Gasteiger partial charge in [-0.3, -0.25) is 15.0 Å². The van der Waals surface area contributed by atoms with E-state index in [9.17, 15) is 10.1 Å². The molecule has 32 heavy (non-hydrogen) atoms. The highest BCUT2D eigenvalue weighted by molar-refractivity contribution is 5.47. The van der Waals surface area contributed by atoms with Crippen molar-refractivity contribution in [2.45, 2.75) is 26.4 Å². The number of nitro benzene ring substituents is 1. The molecule has 0 aliphatic carbocycles. The fourth-order valence-electron chi connectivity index (χ4n) is 4.01. The standard InChI is InChI=1S/C24H24N6O2/c1-17-8-7-9-18(2)22(17)29-24(25-26-27-29)23(20-12-14-21(15-13-20)30(31)32)28(3)16-19-10-5-4-6-11-19/h4-15,23H,16H2,1-3H3/t23-/m0/s1. The van der Waals surface area contributed by atoms with E-state index in [1.54, 1.807) is 16.8 Å². The van der Waals surface area contributed by atoms with Crippen LogP contribution in [0.3, 0.4) is 0 Å². The molecule has 0 amide bonds. The Morgan fingerprint density at radius 1 is 0.969 bits per heavy atom. The van der Waals surface area contributed by atoms with Crippen molar-refractivity contribution in [2.75, 3.05) is 7.05 Å². The Kier molecular flexibility index (Phi) is 6.04. The Hall–Kier alpha value is -3.91. The molecule has 0 N–H and O–H groups in total. The fourth-order valence-corrected chi connectivity index (χ4v) is 4.01. The molecular formula is C24H24N6O2. The van der Waals surface area contributed by atoms with E-state index in [-0.39, 0.29) is 11.7 Å². The summed E-state index contributed by atoms with van der Waals surface area (Å²) < 4.78 is 1.78. The molecule has 1 heterocycles. The summed E-state index contributed by atoms with van der Waals surface area (Å²) in [5, 5.41) is 23.9. The number of hydrogen-bond donors (Lipinski definition) is 0. The van der Waals surface area contributed by atoms with Crippen molar-refractivity contribution in [3.8, 4) is 5.69 Å². The maximum atomic E-state index is 11.2. The number of aromatic nitrogens is 4. The number of non-ortho nitro benzene ring substituents is 1.